The molecule has 3 rings (SSSR count). The van der Waals surface area contributed by atoms with Crippen molar-refractivity contribution in [1.29, 1.82) is 0 Å². The number of halogens is 1. The third-order valence-corrected chi connectivity index (χ3v) is 3.40. The number of hydrogen-bond acceptors (Lipinski definition) is 5. The second-order valence-corrected chi connectivity index (χ2v) is 4.66. The summed E-state index contributed by atoms with van der Waals surface area (Å²) in [7, 11) is 1.64. The van der Waals surface area contributed by atoms with Crippen molar-refractivity contribution >= 4 is 12.4 Å². The van der Waals surface area contributed by atoms with Gasteiger partial charge in [-0.25, -0.2) is 0 Å². The molecule has 2 aromatic rings. The van der Waals surface area contributed by atoms with Crippen LogP contribution in [0.2, 0.25) is 0 Å². The highest BCUT2D eigenvalue weighted by Crippen LogP contribution is 2.29. The molecule has 2 heterocycles. The Balaban J connectivity index is 0.00000147. The van der Waals surface area contributed by atoms with Crippen molar-refractivity contribution in [3.63, 3.8) is 0 Å². The molecule has 0 bridgehead atoms. The lowest BCUT2D eigenvalue weighted by atomic mass is 10.1. The van der Waals surface area contributed by atoms with Gasteiger partial charge in [0.05, 0.1) is 18.7 Å². The molecule has 1 atom stereocenters. The van der Waals surface area contributed by atoms with Crippen LogP contribution in [0.15, 0.2) is 28.8 Å². The summed E-state index contributed by atoms with van der Waals surface area (Å²) in [5.41, 5.74) is 0.857. The van der Waals surface area contributed by atoms with Gasteiger partial charge in [0.1, 0.15) is 5.75 Å². The maximum Gasteiger partial charge on any atom is 0.244 e. The van der Waals surface area contributed by atoms with Crippen LogP contribution < -0.4 is 10.1 Å². The number of hydrogen-bond donors (Lipinski definition) is 1. The van der Waals surface area contributed by atoms with E-state index >= 15 is 0 Å². The molecule has 0 amide bonds. The highest BCUT2D eigenvalue weighted by molar-refractivity contribution is 5.85. The normalized spacial score (nSPS) is 18.4. The molecule has 0 spiro atoms. The second kappa shape index (κ2) is 6.72. The van der Waals surface area contributed by atoms with E-state index in [4.69, 9.17) is 9.26 Å². The molecule has 0 aliphatic carbocycles. The molecular formula is C14H18ClN3O2. The Bertz CT molecular complexity index is 553. The van der Waals surface area contributed by atoms with Gasteiger partial charge in [-0.2, -0.15) is 4.98 Å². The predicted molar refractivity (Wildman–Crippen MR) is 78.1 cm³/mol. The lowest BCUT2D eigenvalue weighted by Gasteiger charge is -2.19. The Morgan fingerprint density at radius 1 is 1.30 bits per heavy atom. The van der Waals surface area contributed by atoms with Crippen molar-refractivity contribution in [2.24, 2.45) is 0 Å². The van der Waals surface area contributed by atoms with Crippen LogP contribution in [-0.2, 0) is 0 Å². The molecule has 0 unspecified atom stereocenters. The van der Waals surface area contributed by atoms with Crippen LogP contribution in [0, 0.1) is 0 Å². The second-order valence-electron chi connectivity index (χ2n) is 4.66. The summed E-state index contributed by atoms with van der Waals surface area (Å²) in [5.74, 6) is 2.01. The van der Waals surface area contributed by atoms with Gasteiger partial charge >= 0.3 is 0 Å². The van der Waals surface area contributed by atoms with Gasteiger partial charge in [0.25, 0.3) is 0 Å². The molecule has 1 fully saturated rings. The van der Waals surface area contributed by atoms with Gasteiger partial charge in [-0.1, -0.05) is 23.7 Å². The monoisotopic (exact) mass is 295 g/mol. The number of piperidine rings is 1. The van der Waals surface area contributed by atoms with Crippen LogP contribution in [0.1, 0.15) is 31.2 Å². The van der Waals surface area contributed by atoms with E-state index in [1.165, 1.54) is 12.8 Å². The molecule has 0 radical (unpaired) electrons. The first-order chi connectivity index (χ1) is 9.38. The van der Waals surface area contributed by atoms with E-state index in [2.05, 4.69) is 15.5 Å². The fourth-order valence-corrected chi connectivity index (χ4v) is 2.38. The molecule has 1 aliphatic heterocycles. The number of aromatic nitrogens is 2. The Labute approximate surface area is 124 Å². The standard InChI is InChI=1S/C14H17N3O2.ClH/c1-18-12-8-3-2-6-10(12)13-16-14(19-17-13)11-7-4-5-9-15-11;/h2-3,6,8,11,15H,4-5,7,9H2,1H3;1H/t11-;/m1./s1. The fourth-order valence-electron chi connectivity index (χ4n) is 2.38. The van der Waals surface area contributed by atoms with Gasteiger partial charge < -0.3 is 14.6 Å². The molecule has 1 aromatic carbocycles. The molecular weight excluding hydrogens is 278 g/mol. The lowest BCUT2D eigenvalue weighted by Crippen LogP contribution is -2.26. The molecule has 6 heteroatoms. The summed E-state index contributed by atoms with van der Waals surface area (Å²) >= 11 is 0. The number of ether oxygens (including phenoxy) is 1. The summed E-state index contributed by atoms with van der Waals surface area (Å²) in [5, 5.41) is 7.47. The number of nitrogens with one attached hydrogen (secondary N) is 1. The van der Waals surface area contributed by atoms with Gasteiger partial charge in [-0.05, 0) is 31.5 Å². The molecule has 5 nitrogen and oxygen atoms in total. The van der Waals surface area contributed by atoms with Crippen molar-refractivity contribution in [1.82, 2.24) is 15.5 Å². The number of para-hydroxylation sites is 1. The Kier molecular flexibility index (Phi) is 4.98. The minimum atomic E-state index is 0. The van der Waals surface area contributed by atoms with Crippen LogP contribution in [0.25, 0.3) is 11.4 Å². The SMILES string of the molecule is COc1ccccc1-c1noc([C@H]2CCCCN2)n1.Cl. The van der Waals surface area contributed by atoms with Crippen LogP contribution >= 0.6 is 12.4 Å². The first-order valence-electron chi connectivity index (χ1n) is 6.59. The maximum absolute atomic E-state index is 5.38. The molecule has 1 aromatic heterocycles. The fraction of sp³-hybridized carbons (Fsp3) is 0.429. The van der Waals surface area contributed by atoms with Crippen molar-refractivity contribution in [2.45, 2.75) is 25.3 Å². The zero-order valence-electron chi connectivity index (χ0n) is 11.3. The highest BCUT2D eigenvalue weighted by Gasteiger charge is 2.22. The molecule has 0 saturated carbocycles. The van der Waals surface area contributed by atoms with Gasteiger partial charge in [-0.15, -0.1) is 12.4 Å². The third kappa shape index (κ3) is 2.94. The van der Waals surface area contributed by atoms with Crippen molar-refractivity contribution < 1.29 is 9.26 Å². The summed E-state index contributed by atoms with van der Waals surface area (Å²) in [4.78, 5) is 4.49. The number of nitrogens with zero attached hydrogens (tertiary/aromatic N) is 2. The Morgan fingerprint density at radius 2 is 2.15 bits per heavy atom. The van der Waals surface area contributed by atoms with Gasteiger partial charge in [0, 0.05) is 0 Å². The van der Waals surface area contributed by atoms with Gasteiger partial charge in [0.15, 0.2) is 0 Å². The summed E-state index contributed by atoms with van der Waals surface area (Å²) in [6.45, 7) is 1.01. The van der Waals surface area contributed by atoms with Crippen molar-refractivity contribution in [3.05, 3.63) is 30.2 Å². The van der Waals surface area contributed by atoms with Crippen molar-refractivity contribution in [2.75, 3.05) is 13.7 Å². The summed E-state index contributed by atoms with van der Waals surface area (Å²) in [6, 6.07) is 7.87. The smallest absolute Gasteiger partial charge is 0.244 e. The van der Waals surface area contributed by atoms with E-state index in [9.17, 15) is 0 Å². The molecule has 1 aliphatic rings. The zero-order valence-corrected chi connectivity index (χ0v) is 12.2. The highest BCUT2D eigenvalue weighted by atomic mass is 35.5. The van der Waals surface area contributed by atoms with Crippen LogP contribution in [0.5, 0.6) is 5.75 Å². The van der Waals surface area contributed by atoms with Crippen LogP contribution in [-0.4, -0.2) is 23.8 Å². The number of benzene rings is 1. The minimum Gasteiger partial charge on any atom is -0.496 e. The van der Waals surface area contributed by atoms with Crippen molar-refractivity contribution in [3.8, 4) is 17.1 Å². The predicted octanol–water partition coefficient (Wildman–Crippen LogP) is 2.98. The lowest BCUT2D eigenvalue weighted by molar-refractivity contribution is 0.297. The van der Waals surface area contributed by atoms with E-state index in [0.717, 1.165) is 24.3 Å². The van der Waals surface area contributed by atoms with Gasteiger partial charge in [0.2, 0.25) is 11.7 Å². The molecule has 20 heavy (non-hydrogen) atoms. The topological polar surface area (TPSA) is 60.2 Å². The molecule has 1 N–H and O–H groups in total. The summed E-state index contributed by atoms with van der Waals surface area (Å²) < 4.78 is 10.7. The van der Waals surface area contributed by atoms with E-state index in [1.807, 2.05) is 24.3 Å². The largest absolute Gasteiger partial charge is 0.496 e. The number of methoxy groups -OCH3 is 1. The summed E-state index contributed by atoms with van der Waals surface area (Å²) in [6.07, 6.45) is 3.46. The number of rotatable bonds is 3. The van der Waals surface area contributed by atoms with E-state index in [1.54, 1.807) is 7.11 Å². The zero-order chi connectivity index (χ0) is 13.1. The molecule has 1 saturated heterocycles. The Morgan fingerprint density at radius 3 is 2.90 bits per heavy atom. The van der Waals surface area contributed by atoms with E-state index in [-0.39, 0.29) is 18.4 Å². The first kappa shape index (κ1) is 14.8. The van der Waals surface area contributed by atoms with Crippen LogP contribution in [0.3, 0.4) is 0 Å². The Hall–Kier alpha value is -1.59. The van der Waals surface area contributed by atoms with Crippen LogP contribution in [0.4, 0.5) is 0 Å². The van der Waals surface area contributed by atoms with E-state index < -0.39 is 0 Å². The molecule has 108 valence electrons. The minimum absolute atomic E-state index is 0. The van der Waals surface area contributed by atoms with E-state index in [0.29, 0.717) is 11.7 Å². The third-order valence-electron chi connectivity index (χ3n) is 3.40. The maximum atomic E-state index is 5.38. The average molecular weight is 296 g/mol. The first-order valence-corrected chi connectivity index (χ1v) is 6.59. The average Bonchev–Trinajstić information content (AvgIpc) is 2.98. The van der Waals surface area contributed by atoms with Gasteiger partial charge in [-0.3, -0.25) is 0 Å². The quantitative estimate of drug-likeness (QED) is 0.943.